The van der Waals surface area contributed by atoms with Crippen molar-refractivity contribution in [2.45, 2.75) is 19.4 Å². The Bertz CT molecular complexity index is 879. The third kappa shape index (κ3) is 4.83. The van der Waals surface area contributed by atoms with Crippen molar-refractivity contribution in [1.29, 1.82) is 0 Å². The van der Waals surface area contributed by atoms with Gasteiger partial charge in [0.1, 0.15) is 0 Å². The molecule has 7 heteroatoms. The van der Waals surface area contributed by atoms with E-state index < -0.39 is 0 Å². The first-order chi connectivity index (χ1) is 14.2. The van der Waals surface area contributed by atoms with Crippen LogP contribution in [0.1, 0.15) is 27.9 Å². The molecule has 2 aliphatic rings. The smallest absolute Gasteiger partial charge is 0.253 e. The number of hydrogen-bond acceptors (Lipinski definition) is 4. The van der Waals surface area contributed by atoms with Crippen molar-refractivity contribution in [3.05, 3.63) is 65.2 Å². The van der Waals surface area contributed by atoms with Crippen molar-refractivity contribution >= 4 is 29.9 Å². The number of aryl methyl sites for hydroxylation is 1. The minimum Gasteiger partial charge on any atom is -0.336 e. The molecule has 2 aromatic rings. The molecule has 0 saturated carbocycles. The van der Waals surface area contributed by atoms with E-state index in [-0.39, 0.29) is 24.2 Å². The highest BCUT2D eigenvalue weighted by Crippen LogP contribution is 2.26. The average Bonchev–Trinajstić information content (AvgIpc) is 2.78. The molecule has 30 heavy (non-hydrogen) atoms. The van der Waals surface area contributed by atoms with E-state index in [0.29, 0.717) is 44.8 Å². The molecule has 0 spiro atoms. The highest BCUT2D eigenvalue weighted by molar-refractivity contribution is 5.96. The van der Waals surface area contributed by atoms with Gasteiger partial charge in [0.15, 0.2) is 0 Å². The van der Waals surface area contributed by atoms with Gasteiger partial charge in [0.25, 0.3) is 5.91 Å². The minimum absolute atomic E-state index is 0. The van der Waals surface area contributed by atoms with E-state index in [1.165, 1.54) is 5.56 Å². The molecular formula is C23H29ClN4O2. The van der Waals surface area contributed by atoms with Gasteiger partial charge >= 0.3 is 0 Å². The second-order valence-electron chi connectivity index (χ2n) is 7.75. The number of para-hydroxylation sites is 1. The highest BCUT2D eigenvalue weighted by atomic mass is 35.5. The Morgan fingerprint density at radius 3 is 2.30 bits per heavy atom. The molecule has 0 bridgehead atoms. The Morgan fingerprint density at radius 2 is 1.60 bits per heavy atom. The fourth-order valence-electron chi connectivity index (χ4n) is 4.14. The number of carbonyl (C=O) groups excluding carboxylic acids is 2. The number of carbonyl (C=O) groups is 2. The first kappa shape index (κ1) is 22.3. The maximum Gasteiger partial charge on any atom is 0.253 e. The van der Waals surface area contributed by atoms with Gasteiger partial charge in [-0.05, 0) is 42.2 Å². The number of benzene rings is 2. The molecule has 0 atom stereocenters. The van der Waals surface area contributed by atoms with Gasteiger partial charge in [-0.25, -0.2) is 0 Å². The van der Waals surface area contributed by atoms with Gasteiger partial charge in [0.2, 0.25) is 5.91 Å². The Hall–Kier alpha value is -2.41. The molecule has 6 nitrogen and oxygen atoms in total. The minimum atomic E-state index is 0. The van der Waals surface area contributed by atoms with E-state index >= 15 is 0 Å². The van der Waals surface area contributed by atoms with Crippen molar-refractivity contribution in [3.8, 4) is 0 Å². The van der Waals surface area contributed by atoms with Crippen LogP contribution in [0.3, 0.4) is 0 Å². The number of fused-ring (bicyclic) bond motifs is 1. The molecule has 2 aliphatic heterocycles. The van der Waals surface area contributed by atoms with Gasteiger partial charge in [0, 0.05) is 50.5 Å². The lowest BCUT2D eigenvalue weighted by Gasteiger charge is -2.36. The van der Waals surface area contributed by atoms with Crippen molar-refractivity contribution < 1.29 is 9.59 Å². The topological polar surface area (TPSA) is 69.9 Å². The zero-order valence-corrected chi connectivity index (χ0v) is 17.9. The fraction of sp³-hybridized carbons (Fsp3) is 0.391. The third-order valence-electron chi connectivity index (χ3n) is 5.87. The summed E-state index contributed by atoms with van der Waals surface area (Å²) in [4.78, 5) is 31.6. The van der Waals surface area contributed by atoms with Gasteiger partial charge in [-0.3, -0.25) is 14.5 Å². The van der Waals surface area contributed by atoms with E-state index in [0.717, 1.165) is 30.6 Å². The summed E-state index contributed by atoms with van der Waals surface area (Å²) in [7, 11) is 0. The Kier molecular flexibility index (Phi) is 7.48. The van der Waals surface area contributed by atoms with Crippen LogP contribution in [0, 0.1) is 0 Å². The number of piperazine rings is 1. The molecule has 4 rings (SSSR count). The average molecular weight is 429 g/mol. The quantitative estimate of drug-likeness (QED) is 0.811. The Morgan fingerprint density at radius 1 is 0.900 bits per heavy atom. The van der Waals surface area contributed by atoms with Crippen LogP contribution in [0.4, 0.5) is 5.69 Å². The molecule has 0 radical (unpaired) electrons. The summed E-state index contributed by atoms with van der Waals surface area (Å²) < 4.78 is 0. The number of halogens is 1. The summed E-state index contributed by atoms with van der Waals surface area (Å²) >= 11 is 0. The zero-order chi connectivity index (χ0) is 20.2. The Balaban J connectivity index is 0.00000256. The molecule has 0 aromatic heterocycles. The lowest BCUT2D eigenvalue weighted by atomic mass is 10.0. The second-order valence-corrected chi connectivity index (χ2v) is 7.75. The van der Waals surface area contributed by atoms with Crippen molar-refractivity contribution in [1.82, 2.24) is 9.80 Å². The second kappa shape index (κ2) is 10.1. The van der Waals surface area contributed by atoms with Crippen molar-refractivity contribution in [2.24, 2.45) is 5.73 Å². The molecular weight excluding hydrogens is 400 g/mol. The Labute approximate surface area is 184 Å². The molecule has 2 N–H and O–H groups in total. The summed E-state index contributed by atoms with van der Waals surface area (Å²) in [6, 6.07) is 15.7. The maximum absolute atomic E-state index is 12.9. The van der Waals surface area contributed by atoms with Crippen LogP contribution in [0.25, 0.3) is 0 Å². The van der Waals surface area contributed by atoms with Crippen molar-refractivity contribution in [2.75, 3.05) is 44.2 Å². The normalized spacial score (nSPS) is 16.6. The van der Waals surface area contributed by atoms with E-state index in [1.807, 2.05) is 52.3 Å². The van der Waals surface area contributed by atoms with E-state index in [2.05, 4.69) is 11.0 Å². The van der Waals surface area contributed by atoms with Crippen molar-refractivity contribution in [3.63, 3.8) is 0 Å². The fourth-order valence-corrected chi connectivity index (χ4v) is 4.14. The maximum atomic E-state index is 12.9. The lowest BCUT2D eigenvalue weighted by Crippen LogP contribution is -2.52. The molecule has 2 aromatic carbocycles. The summed E-state index contributed by atoms with van der Waals surface area (Å²) in [6.45, 7) is 4.38. The molecule has 0 aliphatic carbocycles. The van der Waals surface area contributed by atoms with Gasteiger partial charge in [-0.2, -0.15) is 0 Å². The standard InChI is InChI=1S/C23H28N4O2.ClH/c24-16-18-7-9-20(10-8-18)23(29)26-14-12-25(13-15-26)17-22(28)27-11-3-5-19-4-1-2-6-21(19)27;/h1-2,4,6-10H,3,5,11-17,24H2;1H. The van der Waals surface area contributed by atoms with Crippen LogP contribution >= 0.6 is 12.4 Å². The predicted octanol–water partition coefficient (Wildman–Crippen LogP) is 2.30. The summed E-state index contributed by atoms with van der Waals surface area (Å²) in [6.07, 6.45) is 2.04. The monoisotopic (exact) mass is 428 g/mol. The largest absolute Gasteiger partial charge is 0.336 e. The predicted molar refractivity (Wildman–Crippen MR) is 121 cm³/mol. The molecule has 2 amide bonds. The summed E-state index contributed by atoms with van der Waals surface area (Å²) in [5.74, 6) is 0.193. The number of amides is 2. The molecule has 0 unspecified atom stereocenters. The van der Waals surface area contributed by atoms with E-state index in [9.17, 15) is 9.59 Å². The number of nitrogens with zero attached hydrogens (tertiary/aromatic N) is 3. The molecule has 2 heterocycles. The van der Waals surface area contributed by atoms with E-state index in [4.69, 9.17) is 5.73 Å². The molecule has 1 fully saturated rings. The first-order valence-corrected chi connectivity index (χ1v) is 10.3. The third-order valence-corrected chi connectivity index (χ3v) is 5.87. The number of nitrogens with two attached hydrogens (primary N) is 1. The highest BCUT2D eigenvalue weighted by Gasteiger charge is 2.27. The number of hydrogen-bond donors (Lipinski definition) is 1. The number of anilines is 1. The molecule has 160 valence electrons. The van der Waals surface area contributed by atoms with Crippen LogP contribution in [0.5, 0.6) is 0 Å². The number of rotatable bonds is 4. The van der Waals surface area contributed by atoms with Crippen LogP contribution in [0.2, 0.25) is 0 Å². The van der Waals surface area contributed by atoms with Crippen LogP contribution < -0.4 is 10.6 Å². The summed E-state index contributed by atoms with van der Waals surface area (Å²) in [5.41, 5.74) is 9.64. The lowest BCUT2D eigenvalue weighted by molar-refractivity contribution is -0.120. The molecule has 1 saturated heterocycles. The zero-order valence-electron chi connectivity index (χ0n) is 17.1. The van der Waals surface area contributed by atoms with Gasteiger partial charge in [0.05, 0.1) is 6.54 Å². The van der Waals surface area contributed by atoms with E-state index in [1.54, 1.807) is 0 Å². The van der Waals surface area contributed by atoms with Gasteiger partial charge < -0.3 is 15.5 Å². The van der Waals surface area contributed by atoms with Crippen LogP contribution in [-0.2, 0) is 17.8 Å². The van der Waals surface area contributed by atoms with Gasteiger partial charge in [-0.1, -0.05) is 30.3 Å². The SMILES string of the molecule is Cl.NCc1ccc(C(=O)N2CCN(CC(=O)N3CCCc4ccccc43)CC2)cc1. The van der Waals surface area contributed by atoms with Crippen LogP contribution in [-0.4, -0.2) is 60.9 Å². The first-order valence-electron chi connectivity index (χ1n) is 10.3. The summed E-state index contributed by atoms with van der Waals surface area (Å²) in [5, 5.41) is 0. The van der Waals surface area contributed by atoms with Crippen LogP contribution in [0.15, 0.2) is 48.5 Å². The van der Waals surface area contributed by atoms with Gasteiger partial charge in [-0.15, -0.1) is 12.4 Å².